The Hall–Kier alpha value is -1.28. The molecule has 7 heteroatoms. The molecule has 0 amide bonds. The van der Waals surface area contributed by atoms with Gasteiger partial charge in [0, 0.05) is 31.8 Å². The van der Waals surface area contributed by atoms with Crippen molar-refractivity contribution < 1.29 is 34.0 Å². The number of carbonyl (C=O) groups is 2. The molecule has 0 aromatic rings. The summed E-state index contributed by atoms with van der Waals surface area (Å²) in [6.45, 7) is 5.60. The van der Waals surface area contributed by atoms with Gasteiger partial charge in [-0.2, -0.15) is 0 Å². The van der Waals surface area contributed by atoms with E-state index in [9.17, 15) is 19.8 Å². The lowest BCUT2D eigenvalue weighted by Gasteiger charge is -2.46. The molecule has 0 aromatic heterocycles. The average molecular weight is 356 g/mol. The number of aliphatic hydroxyl groups excluding tert-OH is 1. The lowest BCUT2D eigenvalue weighted by atomic mass is 9.80. The van der Waals surface area contributed by atoms with Gasteiger partial charge in [0.25, 0.3) is 0 Å². The van der Waals surface area contributed by atoms with Crippen molar-refractivity contribution in [1.82, 2.24) is 0 Å². The van der Waals surface area contributed by atoms with Gasteiger partial charge in [-0.3, -0.25) is 9.59 Å². The van der Waals surface area contributed by atoms with Crippen LogP contribution < -0.4 is 0 Å². The van der Waals surface area contributed by atoms with Crippen LogP contribution in [0, 0.1) is 11.8 Å². The molecule has 1 saturated heterocycles. The van der Waals surface area contributed by atoms with Gasteiger partial charge in [-0.05, 0) is 6.92 Å². The number of hydrogen-bond acceptors (Lipinski definition) is 7. The van der Waals surface area contributed by atoms with Crippen molar-refractivity contribution in [2.75, 3.05) is 7.11 Å². The van der Waals surface area contributed by atoms with Gasteiger partial charge in [0.2, 0.25) is 0 Å². The summed E-state index contributed by atoms with van der Waals surface area (Å²) in [5, 5.41) is 21.1. The average Bonchev–Trinajstić information content (AvgIpc) is 2.53. The van der Waals surface area contributed by atoms with Gasteiger partial charge in [-0.15, -0.1) is 0 Å². The number of cyclic esters (lactones) is 1. The van der Waals surface area contributed by atoms with Crippen molar-refractivity contribution in [2.45, 2.75) is 70.2 Å². The molecule has 0 radical (unpaired) electrons. The van der Waals surface area contributed by atoms with Gasteiger partial charge in [-0.1, -0.05) is 25.5 Å². The Bertz CT molecular complexity index is 532. The number of carbonyl (C=O) groups excluding carboxylic acids is 2. The van der Waals surface area contributed by atoms with Crippen LogP contribution in [0.25, 0.3) is 0 Å². The van der Waals surface area contributed by atoms with E-state index in [0.717, 1.165) is 5.57 Å². The van der Waals surface area contributed by atoms with E-state index in [1.807, 2.05) is 26.8 Å². The minimum atomic E-state index is -1.83. The van der Waals surface area contributed by atoms with Crippen LogP contribution in [0.2, 0.25) is 0 Å². The van der Waals surface area contributed by atoms with E-state index >= 15 is 0 Å². The second-order valence-electron chi connectivity index (χ2n) is 7.28. The van der Waals surface area contributed by atoms with Crippen LogP contribution in [0.15, 0.2) is 11.6 Å². The van der Waals surface area contributed by atoms with E-state index in [4.69, 9.17) is 14.2 Å². The number of methoxy groups -OCH3 is 1. The molecule has 0 unspecified atom stereocenters. The third-order valence-electron chi connectivity index (χ3n) is 5.14. The fourth-order valence-corrected chi connectivity index (χ4v) is 3.68. The van der Waals surface area contributed by atoms with Crippen molar-refractivity contribution in [1.29, 1.82) is 0 Å². The van der Waals surface area contributed by atoms with Gasteiger partial charge < -0.3 is 24.4 Å². The molecule has 25 heavy (non-hydrogen) atoms. The molecule has 0 aromatic carbocycles. The van der Waals surface area contributed by atoms with Gasteiger partial charge in [0.1, 0.15) is 0 Å². The molecule has 2 heterocycles. The normalized spacial score (nSPS) is 45.4. The Morgan fingerprint density at radius 2 is 2.04 bits per heavy atom. The molecule has 2 aliphatic heterocycles. The Morgan fingerprint density at radius 3 is 2.64 bits per heavy atom. The van der Waals surface area contributed by atoms with Crippen LogP contribution in [0.4, 0.5) is 0 Å². The Kier molecular flexibility index (Phi) is 6.37. The summed E-state index contributed by atoms with van der Waals surface area (Å²) in [4.78, 5) is 23.3. The Balaban J connectivity index is 2.41. The molecule has 142 valence electrons. The smallest absolute Gasteiger partial charge is 0.311 e. The topological polar surface area (TPSA) is 102 Å². The molecule has 2 bridgehead atoms. The number of aliphatic hydroxyl groups is 2. The number of aldehydes is 1. The van der Waals surface area contributed by atoms with Crippen LogP contribution in [-0.2, 0) is 23.8 Å². The maximum Gasteiger partial charge on any atom is 0.311 e. The quantitative estimate of drug-likeness (QED) is 0.432. The summed E-state index contributed by atoms with van der Waals surface area (Å²) in [5.74, 6) is -2.97. The monoisotopic (exact) mass is 356 g/mol. The van der Waals surface area contributed by atoms with E-state index in [2.05, 4.69) is 0 Å². The molecular weight excluding hydrogens is 328 g/mol. The van der Waals surface area contributed by atoms with Gasteiger partial charge >= 0.3 is 5.97 Å². The Labute approximate surface area is 147 Å². The van der Waals surface area contributed by atoms with Crippen LogP contribution in [-0.4, -0.2) is 59.8 Å². The van der Waals surface area contributed by atoms with Crippen LogP contribution in [0.3, 0.4) is 0 Å². The van der Waals surface area contributed by atoms with Crippen molar-refractivity contribution >= 4 is 12.3 Å². The molecule has 2 aliphatic rings. The largest absolute Gasteiger partial charge is 0.454 e. The van der Waals surface area contributed by atoms with Crippen molar-refractivity contribution in [3.63, 3.8) is 0 Å². The molecule has 2 rings (SSSR count). The second kappa shape index (κ2) is 7.95. The highest BCUT2D eigenvalue weighted by molar-refractivity contribution is 5.73. The first-order chi connectivity index (χ1) is 11.7. The molecule has 0 saturated carbocycles. The van der Waals surface area contributed by atoms with Crippen molar-refractivity contribution in [3.8, 4) is 0 Å². The third kappa shape index (κ3) is 4.67. The number of fused-ring (bicyclic) bond motifs is 2. The number of ether oxygens (including phenoxy) is 3. The first-order valence-corrected chi connectivity index (χ1v) is 8.62. The highest BCUT2D eigenvalue weighted by Crippen LogP contribution is 2.38. The predicted octanol–water partition coefficient (Wildman–Crippen LogP) is 0.963. The molecule has 1 fully saturated rings. The van der Waals surface area contributed by atoms with Crippen molar-refractivity contribution in [3.05, 3.63) is 11.6 Å². The summed E-state index contributed by atoms with van der Waals surface area (Å²) >= 11 is 0. The SMILES string of the molecule is CO[C@@H]1/C=C(\C)C[C@H](C=O)OC(=O)C[C@]2(O)C[C@H](O)[C@@H](C)[C@H](O2)[C@@H]1C. The predicted molar refractivity (Wildman–Crippen MR) is 88.5 cm³/mol. The zero-order valence-electron chi connectivity index (χ0n) is 15.2. The number of hydrogen-bond donors (Lipinski definition) is 2. The Morgan fingerprint density at radius 1 is 1.36 bits per heavy atom. The van der Waals surface area contributed by atoms with E-state index in [0.29, 0.717) is 6.29 Å². The fraction of sp³-hybridized carbons (Fsp3) is 0.778. The lowest BCUT2D eigenvalue weighted by Crippen LogP contribution is -2.55. The summed E-state index contributed by atoms with van der Waals surface area (Å²) < 4.78 is 16.6. The first-order valence-electron chi connectivity index (χ1n) is 8.62. The summed E-state index contributed by atoms with van der Waals surface area (Å²) in [6, 6.07) is 0. The van der Waals surface area contributed by atoms with Crippen LogP contribution in [0.1, 0.15) is 40.0 Å². The zero-order chi connectivity index (χ0) is 18.8. The molecule has 2 N–H and O–H groups in total. The lowest BCUT2D eigenvalue weighted by molar-refractivity contribution is -0.301. The summed E-state index contributed by atoms with van der Waals surface area (Å²) in [6.07, 6.45) is -0.417. The maximum atomic E-state index is 12.1. The van der Waals surface area contributed by atoms with Crippen LogP contribution in [0.5, 0.6) is 0 Å². The number of rotatable bonds is 2. The third-order valence-corrected chi connectivity index (χ3v) is 5.14. The van der Waals surface area contributed by atoms with Gasteiger partial charge in [0.15, 0.2) is 18.2 Å². The van der Waals surface area contributed by atoms with Crippen molar-refractivity contribution in [2.24, 2.45) is 11.8 Å². The molecule has 0 spiro atoms. The zero-order valence-corrected chi connectivity index (χ0v) is 15.2. The minimum absolute atomic E-state index is 0.0925. The van der Waals surface area contributed by atoms with Crippen LogP contribution >= 0.6 is 0 Å². The first kappa shape index (κ1) is 20.0. The standard InChI is InChI=1S/C18H28O7/c1-10-5-13(9-19)24-16(21)8-18(22)7-14(20)11(2)17(25-18)12(3)15(6-10)23-4/h6,9,11-15,17,20,22H,5,7-8H2,1-4H3/b10-6+/t11-,12-,13-,14+,15-,17+,18+/m1/s1. The fourth-order valence-electron chi connectivity index (χ4n) is 3.68. The highest BCUT2D eigenvalue weighted by atomic mass is 16.6. The minimum Gasteiger partial charge on any atom is -0.454 e. The van der Waals surface area contributed by atoms with E-state index < -0.39 is 36.5 Å². The highest BCUT2D eigenvalue weighted by Gasteiger charge is 2.48. The summed E-state index contributed by atoms with van der Waals surface area (Å²) in [5.41, 5.74) is 0.850. The molecular formula is C18H28O7. The van der Waals surface area contributed by atoms with Gasteiger partial charge in [0.05, 0.1) is 24.7 Å². The molecule has 7 atom stereocenters. The molecule has 7 nitrogen and oxygen atoms in total. The van der Waals surface area contributed by atoms with E-state index in [1.165, 1.54) is 0 Å². The maximum absolute atomic E-state index is 12.1. The summed E-state index contributed by atoms with van der Waals surface area (Å²) in [7, 11) is 1.57. The number of esters is 1. The van der Waals surface area contributed by atoms with E-state index in [-0.39, 0.29) is 30.8 Å². The van der Waals surface area contributed by atoms with E-state index in [1.54, 1.807) is 7.11 Å². The van der Waals surface area contributed by atoms with Gasteiger partial charge in [-0.25, -0.2) is 0 Å². The second-order valence-corrected chi connectivity index (χ2v) is 7.28. The molecule has 0 aliphatic carbocycles.